The molecule has 114 valence electrons. The fourth-order valence-electron chi connectivity index (χ4n) is 1.94. The van der Waals surface area contributed by atoms with Crippen LogP contribution in [0.1, 0.15) is 18.9 Å². The van der Waals surface area contributed by atoms with Crippen molar-refractivity contribution < 1.29 is 9.47 Å². The number of nitrogens with one attached hydrogen (secondary N) is 1. The molecule has 1 heterocycles. The molecule has 4 nitrogen and oxygen atoms in total. The predicted octanol–water partition coefficient (Wildman–Crippen LogP) is 3.98. The SMILES string of the molecule is CCOc1cc(OCC)c(-c2csc(CNC)n2)cc1Cl. The van der Waals surface area contributed by atoms with E-state index in [0.29, 0.717) is 24.0 Å². The number of ether oxygens (including phenoxy) is 2. The van der Waals surface area contributed by atoms with Gasteiger partial charge in [0.25, 0.3) is 0 Å². The van der Waals surface area contributed by atoms with Crippen LogP contribution >= 0.6 is 22.9 Å². The molecule has 0 saturated carbocycles. The molecule has 0 spiro atoms. The normalized spacial score (nSPS) is 10.7. The van der Waals surface area contributed by atoms with E-state index in [1.807, 2.05) is 38.4 Å². The molecule has 0 amide bonds. The van der Waals surface area contributed by atoms with E-state index < -0.39 is 0 Å². The molecule has 0 aliphatic carbocycles. The monoisotopic (exact) mass is 326 g/mol. The van der Waals surface area contributed by atoms with Crippen molar-refractivity contribution in [3.8, 4) is 22.8 Å². The molecule has 1 N–H and O–H groups in total. The smallest absolute Gasteiger partial charge is 0.141 e. The summed E-state index contributed by atoms with van der Waals surface area (Å²) >= 11 is 7.89. The molecule has 0 atom stereocenters. The van der Waals surface area contributed by atoms with Crippen molar-refractivity contribution in [1.29, 1.82) is 0 Å². The second kappa shape index (κ2) is 7.64. The van der Waals surface area contributed by atoms with Gasteiger partial charge < -0.3 is 14.8 Å². The largest absolute Gasteiger partial charge is 0.493 e. The van der Waals surface area contributed by atoms with Gasteiger partial charge in [0.2, 0.25) is 0 Å². The van der Waals surface area contributed by atoms with Crippen LogP contribution in [0.5, 0.6) is 11.5 Å². The fraction of sp³-hybridized carbons (Fsp3) is 0.400. The first kappa shape index (κ1) is 16.1. The van der Waals surface area contributed by atoms with E-state index in [-0.39, 0.29) is 0 Å². The van der Waals surface area contributed by atoms with Crippen LogP contribution in [-0.2, 0) is 6.54 Å². The molecule has 0 aliphatic rings. The first-order chi connectivity index (χ1) is 10.2. The second-order valence-corrected chi connectivity index (χ2v) is 5.65. The Balaban J connectivity index is 2.42. The Kier molecular flexibility index (Phi) is 5.85. The highest BCUT2D eigenvalue weighted by atomic mass is 35.5. The van der Waals surface area contributed by atoms with Crippen molar-refractivity contribution in [1.82, 2.24) is 10.3 Å². The van der Waals surface area contributed by atoms with Crippen molar-refractivity contribution in [2.24, 2.45) is 0 Å². The number of thiazole rings is 1. The van der Waals surface area contributed by atoms with E-state index in [9.17, 15) is 0 Å². The van der Waals surface area contributed by atoms with Gasteiger partial charge in [0.05, 0.1) is 23.9 Å². The van der Waals surface area contributed by atoms with E-state index in [2.05, 4.69) is 10.3 Å². The summed E-state index contributed by atoms with van der Waals surface area (Å²) in [7, 11) is 1.90. The van der Waals surface area contributed by atoms with Crippen LogP contribution < -0.4 is 14.8 Å². The Morgan fingerprint density at radius 2 is 1.90 bits per heavy atom. The third-order valence-electron chi connectivity index (χ3n) is 2.79. The van der Waals surface area contributed by atoms with Gasteiger partial charge in [-0.15, -0.1) is 11.3 Å². The Bertz CT molecular complexity index is 601. The van der Waals surface area contributed by atoms with Crippen LogP contribution in [0.15, 0.2) is 17.5 Å². The number of aromatic nitrogens is 1. The number of benzene rings is 1. The van der Waals surface area contributed by atoms with Gasteiger partial charge in [0.15, 0.2) is 0 Å². The Hall–Kier alpha value is -1.30. The molecule has 2 rings (SSSR count). The minimum atomic E-state index is 0.563. The quantitative estimate of drug-likeness (QED) is 0.835. The van der Waals surface area contributed by atoms with E-state index >= 15 is 0 Å². The van der Waals surface area contributed by atoms with Crippen LogP contribution in [0.2, 0.25) is 5.02 Å². The molecule has 1 aromatic carbocycles. The lowest BCUT2D eigenvalue weighted by Crippen LogP contribution is -2.04. The first-order valence-electron chi connectivity index (χ1n) is 6.88. The maximum absolute atomic E-state index is 6.28. The highest BCUT2D eigenvalue weighted by molar-refractivity contribution is 7.09. The van der Waals surface area contributed by atoms with Crippen molar-refractivity contribution in [3.05, 3.63) is 27.5 Å². The van der Waals surface area contributed by atoms with E-state index in [1.54, 1.807) is 11.3 Å². The van der Waals surface area contributed by atoms with Gasteiger partial charge in [0, 0.05) is 23.6 Å². The summed E-state index contributed by atoms with van der Waals surface area (Å²) in [5.74, 6) is 1.38. The van der Waals surface area contributed by atoms with E-state index in [0.717, 1.165) is 28.6 Å². The first-order valence-corrected chi connectivity index (χ1v) is 8.13. The van der Waals surface area contributed by atoms with Gasteiger partial charge >= 0.3 is 0 Å². The number of nitrogens with zero attached hydrogens (tertiary/aromatic N) is 1. The summed E-state index contributed by atoms with van der Waals surface area (Å²) < 4.78 is 11.2. The summed E-state index contributed by atoms with van der Waals surface area (Å²) in [4.78, 5) is 4.61. The minimum absolute atomic E-state index is 0.563. The maximum Gasteiger partial charge on any atom is 0.141 e. The van der Waals surface area contributed by atoms with Gasteiger partial charge in [-0.05, 0) is 27.0 Å². The van der Waals surface area contributed by atoms with Gasteiger partial charge in [-0.1, -0.05) is 11.6 Å². The van der Waals surface area contributed by atoms with Crippen molar-refractivity contribution in [2.75, 3.05) is 20.3 Å². The number of hydrogen-bond acceptors (Lipinski definition) is 5. The highest BCUT2D eigenvalue weighted by Crippen LogP contribution is 2.39. The molecule has 0 aliphatic heterocycles. The van der Waals surface area contributed by atoms with Crippen LogP contribution in [0, 0.1) is 0 Å². The summed E-state index contributed by atoms with van der Waals surface area (Å²) in [6, 6.07) is 3.69. The molecule has 21 heavy (non-hydrogen) atoms. The topological polar surface area (TPSA) is 43.4 Å². The Labute approximate surface area is 134 Å². The predicted molar refractivity (Wildman–Crippen MR) is 87.7 cm³/mol. The summed E-state index contributed by atoms with van der Waals surface area (Å²) in [6.07, 6.45) is 0. The van der Waals surface area contributed by atoms with Crippen LogP contribution in [-0.4, -0.2) is 25.2 Å². The molecule has 0 bridgehead atoms. The van der Waals surface area contributed by atoms with E-state index in [1.165, 1.54) is 0 Å². The van der Waals surface area contributed by atoms with Crippen LogP contribution in [0.25, 0.3) is 11.3 Å². The van der Waals surface area contributed by atoms with Gasteiger partial charge in [0.1, 0.15) is 16.5 Å². The van der Waals surface area contributed by atoms with Gasteiger partial charge in [-0.2, -0.15) is 0 Å². The lowest BCUT2D eigenvalue weighted by Gasteiger charge is -2.13. The summed E-state index contributed by atoms with van der Waals surface area (Å²) in [5, 5.41) is 6.71. The second-order valence-electron chi connectivity index (χ2n) is 4.30. The van der Waals surface area contributed by atoms with Crippen molar-refractivity contribution in [3.63, 3.8) is 0 Å². The highest BCUT2D eigenvalue weighted by Gasteiger charge is 2.15. The summed E-state index contributed by atoms with van der Waals surface area (Å²) in [5.41, 5.74) is 1.77. The zero-order chi connectivity index (χ0) is 15.2. The molecule has 0 unspecified atom stereocenters. The lowest BCUT2D eigenvalue weighted by molar-refractivity contribution is 0.324. The van der Waals surface area contributed by atoms with Gasteiger partial charge in [-0.25, -0.2) is 4.98 Å². The van der Waals surface area contributed by atoms with Crippen LogP contribution in [0.3, 0.4) is 0 Å². The molecular formula is C15H19ClN2O2S. The van der Waals surface area contributed by atoms with E-state index in [4.69, 9.17) is 21.1 Å². The number of rotatable bonds is 7. The molecule has 0 fully saturated rings. The molecule has 2 aromatic rings. The lowest BCUT2D eigenvalue weighted by atomic mass is 10.1. The van der Waals surface area contributed by atoms with Crippen molar-refractivity contribution >= 4 is 22.9 Å². The number of halogens is 1. The van der Waals surface area contributed by atoms with Crippen LogP contribution in [0.4, 0.5) is 0 Å². The summed E-state index contributed by atoms with van der Waals surface area (Å²) in [6.45, 7) is 5.77. The third kappa shape index (κ3) is 3.87. The Morgan fingerprint density at radius 1 is 1.19 bits per heavy atom. The molecular weight excluding hydrogens is 308 g/mol. The maximum atomic E-state index is 6.28. The average Bonchev–Trinajstić information content (AvgIpc) is 2.91. The Morgan fingerprint density at radius 3 is 2.57 bits per heavy atom. The van der Waals surface area contributed by atoms with Gasteiger partial charge in [-0.3, -0.25) is 0 Å². The molecule has 6 heteroatoms. The number of hydrogen-bond donors (Lipinski definition) is 1. The molecule has 0 radical (unpaired) electrons. The standard InChI is InChI=1S/C15H19ClN2O2S/c1-4-19-13-7-14(20-5-2)11(16)6-10(13)12-9-21-15(18-12)8-17-3/h6-7,9,17H,4-5,8H2,1-3H3. The fourth-order valence-corrected chi connectivity index (χ4v) is 2.97. The molecule has 1 aromatic heterocycles. The zero-order valence-electron chi connectivity index (χ0n) is 12.4. The average molecular weight is 327 g/mol. The third-order valence-corrected chi connectivity index (χ3v) is 3.93. The van der Waals surface area contributed by atoms with Crippen molar-refractivity contribution in [2.45, 2.75) is 20.4 Å². The molecule has 0 saturated heterocycles. The zero-order valence-corrected chi connectivity index (χ0v) is 14.0. The minimum Gasteiger partial charge on any atom is -0.493 e.